The summed E-state index contributed by atoms with van der Waals surface area (Å²) in [5.41, 5.74) is 0. The van der Waals surface area contributed by atoms with Gasteiger partial charge in [0.1, 0.15) is 6.04 Å². The molecule has 2 aliphatic heterocycles. The molecule has 2 rings (SSSR count). The first-order valence-corrected chi connectivity index (χ1v) is 8.06. The third-order valence-electron chi connectivity index (χ3n) is 4.57. The van der Waals surface area contributed by atoms with Gasteiger partial charge in [-0.15, -0.1) is 0 Å². The molecule has 2 aliphatic rings. The summed E-state index contributed by atoms with van der Waals surface area (Å²) in [7, 11) is 1.93. The van der Waals surface area contributed by atoms with Crippen LogP contribution in [0.15, 0.2) is 0 Å². The van der Waals surface area contributed by atoms with E-state index in [0.717, 1.165) is 51.7 Å². The number of hydrogen-bond donors (Lipinski definition) is 2. The monoisotopic (exact) mass is 297 g/mol. The fourth-order valence-corrected chi connectivity index (χ4v) is 3.47. The van der Waals surface area contributed by atoms with E-state index < -0.39 is 12.0 Å². The Morgan fingerprint density at radius 2 is 1.95 bits per heavy atom. The molecule has 0 spiro atoms. The predicted molar refractivity (Wildman–Crippen MR) is 80.2 cm³/mol. The number of carbonyl (C=O) groups is 2. The van der Waals surface area contributed by atoms with Crippen LogP contribution < -0.4 is 5.32 Å². The number of piperidine rings is 1. The van der Waals surface area contributed by atoms with Crippen LogP contribution in [0.25, 0.3) is 0 Å². The number of rotatable bonds is 3. The summed E-state index contributed by atoms with van der Waals surface area (Å²) in [4.78, 5) is 27.6. The molecule has 21 heavy (non-hydrogen) atoms. The third kappa shape index (κ3) is 4.09. The number of hydrogen-bond acceptors (Lipinski definition) is 3. The summed E-state index contributed by atoms with van der Waals surface area (Å²) >= 11 is 0. The molecule has 0 bridgehead atoms. The lowest BCUT2D eigenvalue weighted by molar-refractivity contribution is -0.142. The van der Waals surface area contributed by atoms with Crippen LogP contribution in [0.4, 0.5) is 4.79 Å². The smallest absolute Gasteiger partial charge is 0.326 e. The molecule has 2 saturated heterocycles. The maximum Gasteiger partial charge on any atom is 0.326 e. The first-order chi connectivity index (χ1) is 10.1. The molecule has 0 aromatic heterocycles. The zero-order valence-corrected chi connectivity index (χ0v) is 12.9. The molecule has 120 valence electrons. The fraction of sp³-hybridized carbons (Fsp3) is 0.867. The van der Waals surface area contributed by atoms with Crippen LogP contribution in [0.2, 0.25) is 0 Å². The quantitative estimate of drug-likeness (QED) is 0.825. The molecular weight excluding hydrogens is 270 g/mol. The van der Waals surface area contributed by atoms with Crippen LogP contribution >= 0.6 is 0 Å². The molecule has 2 atom stereocenters. The highest BCUT2D eigenvalue weighted by molar-refractivity contribution is 5.82. The van der Waals surface area contributed by atoms with Gasteiger partial charge in [0.05, 0.1) is 0 Å². The number of nitrogens with zero attached hydrogens (tertiary/aromatic N) is 2. The summed E-state index contributed by atoms with van der Waals surface area (Å²) in [6, 6.07) is -0.727. The summed E-state index contributed by atoms with van der Waals surface area (Å²) in [5, 5.41) is 12.6. The summed E-state index contributed by atoms with van der Waals surface area (Å²) in [6.07, 6.45) is 5.52. The Bertz CT molecular complexity index is 373. The second kappa shape index (κ2) is 7.64. The molecule has 0 aromatic rings. The van der Waals surface area contributed by atoms with E-state index in [4.69, 9.17) is 0 Å². The Hall–Kier alpha value is -1.30. The van der Waals surface area contributed by atoms with Crippen LogP contribution in [0.1, 0.15) is 38.5 Å². The van der Waals surface area contributed by atoms with E-state index in [2.05, 4.69) is 5.32 Å². The summed E-state index contributed by atoms with van der Waals surface area (Å²) in [6.45, 7) is 2.97. The average Bonchev–Trinajstić information content (AvgIpc) is 2.73. The molecular formula is C15H27N3O3. The van der Waals surface area contributed by atoms with Crippen LogP contribution in [0.5, 0.6) is 0 Å². The van der Waals surface area contributed by atoms with E-state index >= 15 is 0 Å². The van der Waals surface area contributed by atoms with Crippen molar-refractivity contribution < 1.29 is 14.7 Å². The molecule has 2 N–H and O–H groups in total. The van der Waals surface area contributed by atoms with Crippen LogP contribution in [-0.2, 0) is 4.79 Å². The van der Waals surface area contributed by atoms with Gasteiger partial charge in [0.15, 0.2) is 0 Å². The minimum atomic E-state index is -0.867. The largest absolute Gasteiger partial charge is 0.480 e. The fourth-order valence-electron chi connectivity index (χ4n) is 3.47. The number of urea groups is 1. The Morgan fingerprint density at radius 3 is 2.67 bits per heavy atom. The number of amides is 2. The molecule has 2 amide bonds. The van der Waals surface area contributed by atoms with Crippen molar-refractivity contribution in [1.82, 2.24) is 15.1 Å². The van der Waals surface area contributed by atoms with Crippen molar-refractivity contribution in [2.45, 2.75) is 44.6 Å². The molecule has 0 radical (unpaired) electrons. The molecule has 2 unspecified atom stereocenters. The lowest BCUT2D eigenvalue weighted by Gasteiger charge is -2.38. The predicted octanol–water partition coefficient (Wildman–Crippen LogP) is 1.37. The van der Waals surface area contributed by atoms with Crippen molar-refractivity contribution >= 4 is 12.0 Å². The van der Waals surface area contributed by atoms with Crippen molar-refractivity contribution in [3.63, 3.8) is 0 Å². The highest BCUT2D eigenvalue weighted by atomic mass is 16.4. The van der Waals surface area contributed by atoms with Gasteiger partial charge in [0, 0.05) is 19.6 Å². The second-order valence-corrected chi connectivity index (χ2v) is 6.19. The lowest BCUT2D eigenvalue weighted by atomic mass is 9.98. The van der Waals surface area contributed by atoms with Gasteiger partial charge in [-0.3, -0.25) is 0 Å². The summed E-state index contributed by atoms with van der Waals surface area (Å²) in [5.74, 6) is -0.392. The molecule has 0 aliphatic carbocycles. The standard InChI is InChI=1S/C15H27N3O3/c1-16-10-12-6-5-8-17(11-12)15(21)18-9-4-2-3-7-13(18)14(19)20/h12-13,16H,2-11H2,1H3,(H,19,20). The van der Waals surface area contributed by atoms with Crippen molar-refractivity contribution in [1.29, 1.82) is 0 Å². The number of carboxylic acids is 1. The van der Waals surface area contributed by atoms with E-state index in [0.29, 0.717) is 18.9 Å². The van der Waals surface area contributed by atoms with Crippen molar-refractivity contribution in [2.75, 3.05) is 33.2 Å². The second-order valence-electron chi connectivity index (χ2n) is 6.19. The maximum absolute atomic E-state index is 12.7. The highest BCUT2D eigenvalue weighted by Gasteiger charge is 2.34. The first kappa shape index (κ1) is 16.1. The van der Waals surface area contributed by atoms with Gasteiger partial charge in [-0.2, -0.15) is 0 Å². The Kier molecular flexibility index (Phi) is 5.85. The van der Waals surface area contributed by atoms with Gasteiger partial charge >= 0.3 is 12.0 Å². The van der Waals surface area contributed by atoms with E-state index in [1.807, 2.05) is 11.9 Å². The minimum Gasteiger partial charge on any atom is -0.480 e. The molecule has 6 heteroatoms. The van der Waals surface area contributed by atoms with Gasteiger partial charge in [0.25, 0.3) is 0 Å². The van der Waals surface area contributed by atoms with Gasteiger partial charge < -0.3 is 20.2 Å². The van der Waals surface area contributed by atoms with E-state index in [-0.39, 0.29) is 6.03 Å². The zero-order valence-electron chi connectivity index (χ0n) is 12.9. The number of carboxylic acid groups (broad SMARTS) is 1. The average molecular weight is 297 g/mol. The normalized spacial score (nSPS) is 27.3. The summed E-state index contributed by atoms with van der Waals surface area (Å²) < 4.78 is 0. The minimum absolute atomic E-state index is 0.0786. The number of aliphatic carboxylic acids is 1. The molecule has 0 saturated carbocycles. The SMILES string of the molecule is CNCC1CCCN(C(=O)N2CCCCCC2C(=O)O)C1. The van der Waals surface area contributed by atoms with E-state index in [9.17, 15) is 14.7 Å². The van der Waals surface area contributed by atoms with Crippen LogP contribution in [0, 0.1) is 5.92 Å². The Balaban J connectivity index is 2.03. The number of likely N-dealkylation sites (tertiary alicyclic amines) is 2. The van der Waals surface area contributed by atoms with Crippen LogP contribution in [-0.4, -0.2) is 66.2 Å². The van der Waals surface area contributed by atoms with Gasteiger partial charge in [-0.1, -0.05) is 12.8 Å². The van der Waals surface area contributed by atoms with Crippen molar-refractivity contribution in [3.05, 3.63) is 0 Å². The number of carbonyl (C=O) groups excluding carboxylic acids is 1. The maximum atomic E-state index is 12.7. The van der Waals surface area contributed by atoms with Crippen molar-refractivity contribution in [2.24, 2.45) is 5.92 Å². The van der Waals surface area contributed by atoms with Crippen molar-refractivity contribution in [3.8, 4) is 0 Å². The molecule has 6 nitrogen and oxygen atoms in total. The zero-order chi connectivity index (χ0) is 15.2. The Morgan fingerprint density at radius 1 is 1.14 bits per heavy atom. The lowest BCUT2D eigenvalue weighted by Crippen LogP contribution is -2.53. The topological polar surface area (TPSA) is 72.9 Å². The van der Waals surface area contributed by atoms with Crippen LogP contribution in [0.3, 0.4) is 0 Å². The van der Waals surface area contributed by atoms with Gasteiger partial charge in [0.2, 0.25) is 0 Å². The highest BCUT2D eigenvalue weighted by Crippen LogP contribution is 2.22. The molecule has 2 fully saturated rings. The molecule has 0 aromatic carbocycles. The number of nitrogens with one attached hydrogen (secondary N) is 1. The van der Waals surface area contributed by atoms with E-state index in [1.54, 1.807) is 4.90 Å². The molecule has 2 heterocycles. The van der Waals surface area contributed by atoms with Gasteiger partial charge in [-0.25, -0.2) is 9.59 Å². The first-order valence-electron chi connectivity index (χ1n) is 8.06. The van der Waals surface area contributed by atoms with Gasteiger partial charge in [-0.05, 0) is 45.2 Å². The third-order valence-corrected chi connectivity index (χ3v) is 4.57. The Labute approximate surface area is 126 Å². The van der Waals surface area contributed by atoms with E-state index in [1.165, 1.54) is 0 Å².